The third-order valence-corrected chi connectivity index (χ3v) is 3.23. The van der Waals surface area contributed by atoms with Gasteiger partial charge in [-0.2, -0.15) is 5.26 Å². The van der Waals surface area contributed by atoms with Gasteiger partial charge in [0.25, 0.3) is 0 Å². The van der Waals surface area contributed by atoms with Gasteiger partial charge in [-0.05, 0) is 29.7 Å². The zero-order chi connectivity index (χ0) is 12.5. The summed E-state index contributed by atoms with van der Waals surface area (Å²) in [5.41, 5.74) is 2.64. The molecule has 0 fully saturated rings. The third kappa shape index (κ3) is 1.86. The van der Waals surface area contributed by atoms with Crippen LogP contribution in [0.15, 0.2) is 35.3 Å². The Labute approximate surface area is 104 Å². The molecule has 0 spiro atoms. The highest BCUT2D eigenvalue weighted by atomic mass is 19.1. The van der Waals surface area contributed by atoms with Gasteiger partial charge in [0.05, 0.1) is 0 Å². The SMILES string of the molecule is N#Cc1ccnc(N2CC3=C(CCC(F)=C3)C2)n1. The van der Waals surface area contributed by atoms with Crippen LogP contribution in [0.25, 0.3) is 0 Å². The van der Waals surface area contributed by atoms with Crippen LogP contribution in [0.1, 0.15) is 18.5 Å². The lowest BCUT2D eigenvalue weighted by atomic mass is 10.00. The molecule has 2 heterocycles. The summed E-state index contributed by atoms with van der Waals surface area (Å²) in [6.45, 7) is 1.35. The molecule has 5 heteroatoms. The molecule has 0 bridgehead atoms. The minimum atomic E-state index is -0.0534. The van der Waals surface area contributed by atoms with Crippen LogP contribution in [0.5, 0.6) is 0 Å². The first-order valence-electron chi connectivity index (χ1n) is 5.81. The fraction of sp³-hybridized carbons (Fsp3) is 0.308. The number of anilines is 1. The van der Waals surface area contributed by atoms with Gasteiger partial charge in [-0.1, -0.05) is 0 Å². The summed E-state index contributed by atoms with van der Waals surface area (Å²) >= 11 is 0. The molecule has 18 heavy (non-hydrogen) atoms. The number of nitriles is 1. The normalized spacial score (nSPS) is 18.4. The van der Waals surface area contributed by atoms with Gasteiger partial charge in [0.15, 0.2) is 0 Å². The number of nitrogens with zero attached hydrogens (tertiary/aromatic N) is 4. The molecule has 4 nitrogen and oxygen atoms in total. The van der Waals surface area contributed by atoms with Gasteiger partial charge in [-0.3, -0.25) is 0 Å². The molecule has 1 aromatic heterocycles. The van der Waals surface area contributed by atoms with E-state index in [0.717, 1.165) is 18.5 Å². The predicted octanol–water partition coefficient (Wildman–Crippen LogP) is 2.11. The number of rotatable bonds is 1. The molecule has 90 valence electrons. The largest absolute Gasteiger partial charge is 0.332 e. The summed E-state index contributed by atoms with van der Waals surface area (Å²) in [5.74, 6) is 0.486. The summed E-state index contributed by atoms with van der Waals surface area (Å²) in [6, 6.07) is 3.57. The Morgan fingerprint density at radius 1 is 1.33 bits per heavy atom. The van der Waals surface area contributed by atoms with Gasteiger partial charge in [-0.15, -0.1) is 0 Å². The Morgan fingerprint density at radius 2 is 2.22 bits per heavy atom. The standard InChI is InChI=1S/C13H11FN4/c14-11-2-1-9-7-18(8-10(9)5-11)13-16-4-3-12(6-15)17-13/h3-5H,1-2,7-8H2. The van der Waals surface area contributed by atoms with Gasteiger partial charge in [0.2, 0.25) is 5.95 Å². The minimum Gasteiger partial charge on any atom is -0.332 e. The predicted molar refractivity (Wildman–Crippen MR) is 64.4 cm³/mol. The van der Waals surface area contributed by atoms with E-state index < -0.39 is 0 Å². The number of hydrogen-bond acceptors (Lipinski definition) is 4. The molecule has 0 atom stereocenters. The molecule has 0 radical (unpaired) electrons. The average molecular weight is 242 g/mol. The Balaban J connectivity index is 1.84. The fourth-order valence-corrected chi connectivity index (χ4v) is 2.33. The van der Waals surface area contributed by atoms with Crippen molar-refractivity contribution in [2.75, 3.05) is 18.0 Å². The Bertz CT molecular complexity index is 597. The van der Waals surface area contributed by atoms with Crippen molar-refractivity contribution in [1.29, 1.82) is 5.26 Å². The van der Waals surface area contributed by atoms with Crippen LogP contribution in [-0.2, 0) is 0 Å². The zero-order valence-electron chi connectivity index (χ0n) is 9.73. The van der Waals surface area contributed by atoms with Crippen LogP contribution in [0.2, 0.25) is 0 Å². The van der Waals surface area contributed by atoms with Gasteiger partial charge in [-0.25, -0.2) is 14.4 Å². The van der Waals surface area contributed by atoms with Crippen molar-refractivity contribution in [2.24, 2.45) is 0 Å². The third-order valence-electron chi connectivity index (χ3n) is 3.23. The Kier molecular flexibility index (Phi) is 2.56. The van der Waals surface area contributed by atoms with Crippen molar-refractivity contribution in [1.82, 2.24) is 9.97 Å². The first kappa shape index (κ1) is 10.9. The number of hydrogen-bond donors (Lipinski definition) is 0. The van der Waals surface area contributed by atoms with Gasteiger partial charge >= 0.3 is 0 Å². The second-order valence-corrected chi connectivity index (χ2v) is 4.43. The molecular weight excluding hydrogens is 231 g/mol. The summed E-state index contributed by atoms with van der Waals surface area (Å²) in [4.78, 5) is 10.3. The number of allylic oxidation sites excluding steroid dienone is 1. The van der Waals surface area contributed by atoms with Gasteiger partial charge < -0.3 is 4.90 Å². The van der Waals surface area contributed by atoms with E-state index in [-0.39, 0.29) is 5.83 Å². The van der Waals surface area contributed by atoms with Gasteiger partial charge in [0, 0.05) is 25.7 Å². The maximum atomic E-state index is 13.2. The molecular formula is C13H11FN4. The van der Waals surface area contributed by atoms with E-state index in [2.05, 4.69) is 9.97 Å². The average Bonchev–Trinajstić information content (AvgIpc) is 2.81. The van der Waals surface area contributed by atoms with Crippen molar-refractivity contribution in [3.05, 3.63) is 41.0 Å². The maximum Gasteiger partial charge on any atom is 0.227 e. The lowest BCUT2D eigenvalue weighted by molar-refractivity contribution is 0.580. The lowest BCUT2D eigenvalue weighted by Crippen LogP contribution is -2.23. The van der Waals surface area contributed by atoms with E-state index in [9.17, 15) is 4.39 Å². The molecule has 3 rings (SSSR count). The molecule has 0 amide bonds. The minimum absolute atomic E-state index is 0.0534. The molecule has 1 aliphatic carbocycles. The first-order chi connectivity index (χ1) is 8.76. The van der Waals surface area contributed by atoms with Crippen LogP contribution in [0.3, 0.4) is 0 Å². The fourth-order valence-electron chi connectivity index (χ4n) is 2.33. The molecule has 0 saturated carbocycles. The van der Waals surface area contributed by atoms with Crippen molar-refractivity contribution in [3.8, 4) is 6.07 Å². The summed E-state index contributed by atoms with van der Waals surface area (Å²) < 4.78 is 13.2. The van der Waals surface area contributed by atoms with Gasteiger partial charge in [0.1, 0.15) is 17.6 Å². The van der Waals surface area contributed by atoms with Crippen LogP contribution in [0.4, 0.5) is 10.3 Å². The Hall–Kier alpha value is -2.22. The van der Waals surface area contributed by atoms with Crippen molar-refractivity contribution in [2.45, 2.75) is 12.8 Å². The second-order valence-electron chi connectivity index (χ2n) is 4.43. The highest BCUT2D eigenvalue weighted by molar-refractivity contribution is 5.49. The van der Waals surface area contributed by atoms with Crippen LogP contribution in [0, 0.1) is 11.3 Å². The lowest BCUT2D eigenvalue weighted by Gasteiger charge is -2.15. The summed E-state index contributed by atoms with van der Waals surface area (Å²) in [6.07, 6.45) is 4.46. The molecule has 0 saturated heterocycles. The van der Waals surface area contributed by atoms with E-state index in [1.54, 1.807) is 18.3 Å². The van der Waals surface area contributed by atoms with Crippen LogP contribution >= 0.6 is 0 Å². The van der Waals surface area contributed by atoms with E-state index in [1.165, 1.54) is 5.57 Å². The van der Waals surface area contributed by atoms with Crippen molar-refractivity contribution >= 4 is 5.95 Å². The number of halogens is 1. The highest BCUT2D eigenvalue weighted by Gasteiger charge is 2.25. The quantitative estimate of drug-likeness (QED) is 0.756. The Morgan fingerprint density at radius 3 is 3.06 bits per heavy atom. The van der Waals surface area contributed by atoms with Crippen molar-refractivity contribution in [3.63, 3.8) is 0 Å². The zero-order valence-corrected chi connectivity index (χ0v) is 9.73. The van der Waals surface area contributed by atoms with E-state index >= 15 is 0 Å². The highest BCUT2D eigenvalue weighted by Crippen LogP contribution is 2.31. The van der Waals surface area contributed by atoms with Crippen LogP contribution < -0.4 is 4.90 Å². The molecule has 0 N–H and O–H groups in total. The summed E-state index contributed by atoms with van der Waals surface area (Å²) in [5, 5.41) is 8.82. The molecule has 1 aromatic rings. The maximum absolute atomic E-state index is 13.2. The molecule has 0 aromatic carbocycles. The molecule has 1 aliphatic heterocycles. The van der Waals surface area contributed by atoms with Crippen molar-refractivity contribution < 1.29 is 4.39 Å². The van der Waals surface area contributed by atoms with E-state index in [1.807, 2.05) is 11.0 Å². The smallest absolute Gasteiger partial charge is 0.227 e. The second kappa shape index (κ2) is 4.22. The molecule has 2 aliphatic rings. The topological polar surface area (TPSA) is 52.8 Å². The molecule has 0 unspecified atom stereocenters. The monoisotopic (exact) mass is 242 g/mol. The van der Waals surface area contributed by atoms with Crippen LogP contribution in [-0.4, -0.2) is 23.1 Å². The summed E-state index contributed by atoms with van der Waals surface area (Å²) in [7, 11) is 0. The van der Waals surface area contributed by atoms with E-state index in [0.29, 0.717) is 24.6 Å². The first-order valence-corrected chi connectivity index (χ1v) is 5.81. The number of aromatic nitrogens is 2. The van der Waals surface area contributed by atoms with E-state index in [4.69, 9.17) is 5.26 Å².